The van der Waals surface area contributed by atoms with Crippen molar-refractivity contribution in [1.29, 1.82) is 0 Å². The van der Waals surface area contributed by atoms with Crippen molar-refractivity contribution in [1.82, 2.24) is 15.9 Å². The molecule has 0 bridgehead atoms. The summed E-state index contributed by atoms with van der Waals surface area (Å²) in [7, 11) is 1.54. The molecule has 25 heavy (non-hydrogen) atoms. The molecule has 1 heterocycles. The predicted molar refractivity (Wildman–Crippen MR) is 91.2 cm³/mol. The highest BCUT2D eigenvalue weighted by Gasteiger charge is 2.27. The molecule has 1 fully saturated rings. The Morgan fingerprint density at radius 1 is 1.36 bits per heavy atom. The maximum absolute atomic E-state index is 12.5. The Kier molecular flexibility index (Phi) is 6.02. The Bertz CT molecular complexity index is 727. The molecular weight excluding hydrogens is 324 g/mol. The minimum Gasteiger partial charge on any atom is -0.348 e. The van der Waals surface area contributed by atoms with Gasteiger partial charge in [-0.3, -0.25) is 14.6 Å². The molecule has 8 nitrogen and oxygen atoms in total. The number of benzene rings is 1. The van der Waals surface area contributed by atoms with E-state index >= 15 is 0 Å². The van der Waals surface area contributed by atoms with Gasteiger partial charge in [0.1, 0.15) is 11.4 Å². The third-order valence-corrected chi connectivity index (χ3v) is 3.58. The van der Waals surface area contributed by atoms with E-state index in [4.69, 9.17) is 0 Å². The highest BCUT2D eigenvalue weighted by molar-refractivity contribution is 6.45. The summed E-state index contributed by atoms with van der Waals surface area (Å²) in [6, 6.07) is 8.27. The summed E-state index contributed by atoms with van der Waals surface area (Å²) in [6.45, 7) is 3.75. The highest BCUT2D eigenvalue weighted by Crippen LogP contribution is 2.10. The number of likely N-dealkylation sites (N-methyl/N-ethyl adjacent to an activating group) is 1. The Morgan fingerprint density at radius 3 is 2.60 bits per heavy atom. The second-order valence-corrected chi connectivity index (χ2v) is 5.52. The molecule has 2 amide bonds. The molecule has 2 N–H and O–H groups in total. The molecule has 1 unspecified atom stereocenters. The first-order chi connectivity index (χ1) is 11.9. The summed E-state index contributed by atoms with van der Waals surface area (Å²) >= 11 is 0. The molecule has 1 aromatic rings. The van der Waals surface area contributed by atoms with Crippen LogP contribution in [0.4, 0.5) is 0 Å². The fourth-order valence-corrected chi connectivity index (χ4v) is 1.94. The van der Waals surface area contributed by atoms with Gasteiger partial charge in [-0.1, -0.05) is 30.7 Å². The van der Waals surface area contributed by atoms with Gasteiger partial charge in [0.2, 0.25) is 0 Å². The van der Waals surface area contributed by atoms with Gasteiger partial charge >= 0.3 is 5.97 Å². The van der Waals surface area contributed by atoms with Crippen LogP contribution in [0.15, 0.2) is 47.1 Å². The van der Waals surface area contributed by atoms with Crippen LogP contribution in [0.2, 0.25) is 0 Å². The molecule has 8 heteroatoms. The van der Waals surface area contributed by atoms with Crippen LogP contribution < -0.4 is 10.9 Å². The normalized spacial score (nSPS) is 17.4. The fraction of sp³-hybridized carbons (Fsp3) is 0.294. The number of carbonyl (C=O) groups is 3. The lowest BCUT2D eigenvalue weighted by molar-refractivity contribution is -0.142. The Hall–Kier alpha value is -3.00. The second kappa shape index (κ2) is 8.20. The number of nitrogens with one attached hydrogen (secondary N) is 2. The van der Waals surface area contributed by atoms with Crippen LogP contribution in [0.3, 0.4) is 0 Å². The number of nitrogens with zero attached hydrogens (tertiary/aromatic N) is 2. The van der Waals surface area contributed by atoms with Crippen molar-refractivity contribution in [2.45, 2.75) is 26.3 Å². The van der Waals surface area contributed by atoms with E-state index in [0.717, 1.165) is 0 Å². The summed E-state index contributed by atoms with van der Waals surface area (Å²) in [5, 5.41) is 4.03. The van der Waals surface area contributed by atoms with E-state index in [0.29, 0.717) is 12.0 Å². The molecular formula is C17H20N4O4. The monoisotopic (exact) mass is 344 g/mol. The maximum atomic E-state index is 12.5. The van der Waals surface area contributed by atoms with E-state index in [1.165, 1.54) is 11.1 Å². The topological polar surface area (TPSA) is 100 Å². The van der Waals surface area contributed by atoms with Gasteiger partial charge in [-0.25, -0.2) is 9.79 Å². The molecule has 0 spiro atoms. The summed E-state index contributed by atoms with van der Waals surface area (Å²) in [5.41, 5.74) is 2.59. The van der Waals surface area contributed by atoms with Crippen LogP contribution in [0.5, 0.6) is 0 Å². The molecule has 0 aliphatic carbocycles. The summed E-state index contributed by atoms with van der Waals surface area (Å²) in [4.78, 5) is 45.0. The molecule has 0 saturated carbocycles. The third kappa shape index (κ3) is 4.74. The van der Waals surface area contributed by atoms with Gasteiger partial charge in [-0.2, -0.15) is 0 Å². The van der Waals surface area contributed by atoms with Crippen LogP contribution >= 0.6 is 0 Å². The summed E-state index contributed by atoms with van der Waals surface area (Å²) in [5.74, 6) is -1.79. The maximum Gasteiger partial charge on any atom is 0.376 e. The van der Waals surface area contributed by atoms with Crippen molar-refractivity contribution in [3.05, 3.63) is 47.7 Å². The number of hydrogen-bond acceptors (Lipinski definition) is 6. The summed E-state index contributed by atoms with van der Waals surface area (Å²) < 4.78 is 0. The predicted octanol–water partition coefficient (Wildman–Crippen LogP) is 0.975. The van der Waals surface area contributed by atoms with E-state index < -0.39 is 17.8 Å². The number of hydrazine groups is 1. The van der Waals surface area contributed by atoms with Gasteiger partial charge in [-0.05, 0) is 25.5 Å². The van der Waals surface area contributed by atoms with Gasteiger partial charge in [0.15, 0.2) is 0 Å². The van der Waals surface area contributed by atoms with Crippen LogP contribution in [0, 0.1) is 0 Å². The largest absolute Gasteiger partial charge is 0.376 e. The number of rotatable bonds is 5. The number of amides is 2. The first-order valence-electron chi connectivity index (χ1n) is 7.83. The van der Waals surface area contributed by atoms with Crippen LogP contribution in [0.1, 0.15) is 30.6 Å². The van der Waals surface area contributed by atoms with E-state index in [1.54, 1.807) is 37.4 Å². The number of aliphatic imine (C=N–C) groups is 1. The van der Waals surface area contributed by atoms with Crippen LogP contribution in [0.25, 0.3) is 0 Å². The molecule has 1 aromatic carbocycles. The zero-order chi connectivity index (χ0) is 18.4. The second-order valence-electron chi connectivity index (χ2n) is 5.52. The minimum atomic E-state index is -0.668. The molecule has 1 saturated heterocycles. The molecule has 0 aromatic heterocycles. The quantitative estimate of drug-likeness (QED) is 0.610. The molecule has 2 rings (SSSR count). The first kappa shape index (κ1) is 18.3. The first-order valence-corrected chi connectivity index (χ1v) is 7.83. The van der Waals surface area contributed by atoms with Crippen molar-refractivity contribution >= 4 is 23.5 Å². The lowest BCUT2D eigenvalue weighted by atomic mass is 10.2. The van der Waals surface area contributed by atoms with E-state index in [-0.39, 0.29) is 17.5 Å². The number of hydrogen-bond donors (Lipinski definition) is 2. The molecule has 132 valence electrons. The number of carbonyl (C=O) groups excluding carboxylic acids is 3. The smallest absolute Gasteiger partial charge is 0.348 e. The van der Waals surface area contributed by atoms with Gasteiger partial charge in [0.05, 0.1) is 0 Å². The van der Waals surface area contributed by atoms with Crippen LogP contribution in [-0.2, 0) is 14.4 Å². The van der Waals surface area contributed by atoms with Gasteiger partial charge in [0.25, 0.3) is 11.8 Å². The molecule has 1 atom stereocenters. The molecule has 0 radical (unpaired) electrons. The van der Waals surface area contributed by atoms with Crippen molar-refractivity contribution in [2.24, 2.45) is 4.99 Å². The standard InChI is InChI=1S/C17H20N4O4/c1-4-11(2)18-16(23)13(10-14-17(24)25-20-21(14)3)19-15(22)12-8-6-5-7-9-12/h5-11,20H,4H2,1-3H3,(H,18,23)/b14-10+,19-13?. The van der Waals surface area contributed by atoms with Gasteiger partial charge in [0, 0.05) is 24.7 Å². The Balaban J connectivity index is 2.36. The average molecular weight is 344 g/mol. The van der Waals surface area contributed by atoms with Crippen LogP contribution in [-0.4, -0.2) is 41.6 Å². The zero-order valence-corrected chi connectivity index (χ0v) is 14.3. The van der Waals surface area contributed by atoms with E-state index in [9.17, 15) is 14.4 Å². The van der Waals surface area contributed by atoms with E-state index in [2.05, 4.69) is 20.7 Å². The van der Waals surface area contributed by atoms with Gasteiger partial charge < -0.3 is 10.2 Å². The summed E-state index contributed by atoms with van der Waals surface area (Å²) in [6.07, 6.45) is 1.94. The molecule has 1 aliphatic rings. The lowest BCUT2D eigenvalue weighted by Gasteiger charge is -2.12. The van der Waals surface area contributed by atoms with Gasteiger partial charge in [-0.15, -0.1) is 0 Å². The Morgan fingerprint density at radius 2 is 2.04 bits per heavy atom. The Labute approximate surface area is 145 Å². The van der Waals surface area contributed by atoms with Crippen molar-refractivity contribution < 1.29 is 19.2 Å². The van der Waals surface area contributed by atoms with E-state index in [1.807, 2.05) is 13.8 Å². The van der Waals surface area contributed by atoms with Crippen molar-refractivity contribution in [3.63, 3.8) is 0 Å². The zero-order valence-electron chi connectivity index (χ0n) is 14.3. The fourth-order valence-electron chi connectivity index (χ4n) is 1.94. The average Bonchev–Trinajstić information content (AvgIpc) is 2.93. The van der Waals surface area contributed by atoms with Crippen molar-refractivity contribution in [3.8, 4) is 0 Å². The SMILES string of the molecule is CCC(C)NC(=O)C(/C=C1\C(=O)ONN1C)=NC(=O)c1ccccc1. The minimum absolute atomic E-state index is 0.0684. The highest BCUT2D eigenvalue weighted by atomic mass is 16.7. The van der Waals surface area contributed by atoms with Crippen molar-refractivity contribution in [2.75, 3.05) is 7.05 Å². The molecule has 1 aliphatic heterocycles. The third-order valence-electron chi connectivity index (χ3n) is 3.58. The lowest BCUT2D eigenvalue weighted by Crippen LogP contribution is -2.37.